The number of hydrogen-bond donors (Lipinski definition) is 1. The first-order chi connectivity index (χ1) is 12.3. The normalized spacial score (nSPS) is 11.4. The summed E-state index contributed by atoms with van der Waals surface area (Å²) in [5, 5.41) is 2.61. The van der Waals surface area contributed by atoms with Crippen LogP contribution in [0.2, 0.25) is 0 Å². The molecule has 0 aliphatic heterocycles. The molecule has 2 rings (SSSR count). The second-order valence-corrected chi connectivity index (χ2v) is 8.59. The van der Waals surface area contributed by atoms with Gasteiger partial charge in [0.05, 0.1) is 23.4 Å². The highest BCUT2D eigenvalue weighted by Crippen LogP contribution is 2.29. The van der Waals surface area contributed by atoms with Gasteiger partial charge in [-0.25, -0.2) is 17.1 Å². The number of hydrogen-bond acceptors (Lipinski definition) is 5. The highest BCUT2D eigenvalue weighted by Gasteiger charge is 2.20. The quantitative estimate of drug-likeness (QED) is 0.726. The molecule has 1 N–H and O–H groups in total. The van der Waals surface area contributed by atoms with Crippen LogP contribution in [0.3, 0.4) is 0 Å². The number of thioether (sulfide) groups is 1. The van der Waals surface area contributed by atoms with Gasteiger partial charge in [-0.3, -0.25) is 4.79 Å². The summed E-state index contributed by atoms with van der Waals surface area (Å²) < 4.78 is 44.3. The lowest BCUT2D eigenvalue weighted by Crippen LogP contribution is -2.22. The highest BCUT2D eigenvalue weighted by atomic mass is 32.2. The Kier molecular flexibility index (Phi) is 6.63. The maximum atomic E-state index is 13.6. The Labute approximate surface area is 156 Å². The first-order valence-electron chi connectivity index (χ1n) is 7.53. The first-order valence-corrected chi connectivity index (χ1v) is 9.96. The van der Waals surface area contributed by atoms with Crippen molar-refractivity contribution in [2.24, 2.45) is 0 Å². The van der Waals surface area contributed by atoms with E-state index < -0.39 is 21.7 Å². The third-order valence-electron chi connectivity index (χ3n) is 3.42. The Morgan fingerprint density at radius 3 is 2.54 bits per heavy atom. The lowest BCUT2D eigenvalue weighted by molar-refractivity contribution is -0.113. The Bertz CT molecular complexity index is 901. The van der Waals surface area contributed by atoms with E-state index in [0.717, 1.165) is 16.1 Å². The molecule has 0 heterocycles. The second kappa shape index (κ2) is 8.52. The largest absolute Gasteiger partial charge is 0.495 e. The zero-order valence-electron chi connectivity index (χ0n) is 14.5. The maximum absolute atomic E-state index is 13.6. The number of carbonyl (C=O) groups is 1. The predicted molar refractivity (Wildman–Crippen MR) is 99.6 cm³/mol. The van der Waals surface area contributed by atoms with E-state index in [0.29, 0.717) is 10.6 Å². The SMILES string of the molecule is COc1ccc(S(=O)(=O)N(C)C)cc1NC(=O)CSc1ccccc1F. The van der Waals surface area contributed by atoms with Crippen molar-refractivity contribution in [1.82, 2.24) is 4.31 Å². The van der Waals surface area contributed by atoms with E-state index in [1.165, 1.54) is 45.5 Å². The van der Waals surface area contributed by atoms with Crippen LogP contribution in [0, 0.1) is 5.82 Å². The molecular weight excluding hydrogens is 379 g/mol. The fourth-order valence-electron chi connectivity index (χ4n) is 2.05. The minimum absolute atomic E-state index is 0.0281. The summed E-state index contributed by atoms with van der Waals surface area (Å²) in [6.07, 6.45) is 0. The first kappa shape index (κ1) is 20.2. The lowest BCUT2D eigenvalue weighted by Gasteiger charge is -2.15. The Morgan fingerprint density at radius 1 is 1.23 bits per heavy atom. The molecule has 0 atom stereocenters. The summed E-state index contributed by atoms with van der Waals surface area (Å²) in [6.45, 7) is 0. The number of nitrogens with zero attached hydrogens (tertiary/aromatic N) is 1. The molecule has 9 heteroatoms. The molecule has 0 aromatic heterocycles. The zero-order chi connectivity index (χ0) is 19.3. The van der Waals surface area contributed by atoms with Gasteiger partial charge in [0.1, 0.15) is 11.6 Å². The summed E-state index contributed by atoms with van der Waals surface area (Å²) in [5.74, 6) is -0.515. The monoisotopic (exact) mass is 398 g/mol. The second-order valence-electron chi connectivity index (χ2n) is 5.42. The van der Waals surface area contributed by atoms with E-state index in [4.69, 9.17) is 4.74 Å². The van der Waals surface area contributed by atoms with Crippen LogP contribution < -0.4 is 10.1 Å². The van der Waals surface area contributed by atoms with Crippen LogP contribution in [-0.4, -0.2) is 45.6 Å². The molecular formula is C17H19FN2O4S2. The molecule has 140 valence electrons. The zero-order valence-corrected chi connectivity index (χ0v) is 16.2. The smallest absolute Gasteiger partial charge is 0.242 e. The highest BCUT2D eigenvalue weighted by molar-refractivity contribution is 8.00. The molecule has 6 nitrogen and oxygen atoms in total. The van der Waals surface area contributed by atoms with Gasteiger partial charge in [-0.05, 0) is 30.3 Å². The topological polar surface area (TPSA) is 75.7 Å². The van der Waals surface area contributed by atoms with Gasteiger partial charge < -0.3 is 10.1 Å². The molecule has 0 spiro atoms. The average Bonchev–Trinajstić information content (AvgIpc) is 2.60. The van der Waals surface area contributed by atoms with E-state index in [1.54, 1.807) is 18.2 Å². The molecule has 2 aromatic rings. The number of sulfonamides is 1. The van der Waals surface area contributed by atoms with Gasteiger partial charge in [0.2, 0.25) is 15.9 Å². The van der Waals surface area contributed by atoms with E-state index >= 15 is 0 Å². The molecule has 0 bridgehead atoms. The number of amides is 1. The van der Waals surface area contributed by atoms with Gasteiger partial charge >= 0.3 is 0 Å². The minimum Gasteiger partial charge on any atom is -0.495 e. The fraction of sp³-hybridized carbons (Fsp3) is 0.235. The average molecular weight is 398 g/mol. The van der Waals surface area contributed by atoms with Gasteiger partial charge in [0.15, 0.2) is 0 Å². The molecule has 0 aliphatic carbocycles. The number of rotatable bonds is 7. The number of halogens is 1. The van der Waals surface area contributed by atoms with Crippen LogP contribution in [0.4, 0.5) is 10.1 Å². The third-order valence-corrected chi connectivity index (χ3v) is 6.28. The summed E-state index contributed by atoms with van der Waals surface area (Å²) in [4.78, 5) is 12.6. The summed E-state index contributed by atoms with van der Waals surface area (Å²) >= 11 is 1.05. The van der Waals surface area contributed by atoms with Crippen molar-refractivity contribution in [3.63, 3.8) is 0 Å². The Hall–Kier alpha value is -2.10. The minimum atomic E-state index is -3.65. The van der Waals surface area contributed by atoms with Gasteiger partial charge in [-0.15, -0.1) is 11.8 Å². The number of methoxy groups -OCH3 is 1. The number of ether oxygens (including phenoxy) is 1. The number of nitrogens with one attached hydrogen (secondary N) is 1. The molecule has 1 amide bonds. The van der Waals surface area contributed by atoms with Crippen LogP contribution in [0.5, 0.6) is 5.75 Å². The number of carbonyl (C=O) groups excluding carboxylic acids is 1. The molecule has 26 heavy (non-hydrogen) atoms. The van der Waals surface area contributed by atoms with Crippen molar-refractivity contribution in [3.05, 3.63) is 48.3 Å². The molecule has 0 saturated carbocycles. The molecule has 0 radical (unpaired) electrons. The van der Waals surface area contributed by atoms with E-state index in [9.17, 15) is 17.6 Å². The Balaban J connectivity index is 2.17. The molecule has 0 aliphatic rings. The van der Waals surface area contributed by atoms with Crippen molar-refractivity contribution in [2.75, 3.05) is 32.3 Å². The van der Waals surface area contributed by atoms with E-state index in [2.05, 4.69) is 5.32 Å². The van der Waals surface area contributed by atoms with Gasteiger partial charge in [-0.1, -0.05) is 12.1 Å². The maximum Gasteiger partial charge on any atom is 0.242 e. The van der Waals surface area contributed by atoms with Gasteiger partial charge in [0.25, 0.3) is 0 Å². The van der Waals surface area contributed by atoms with E-state index in [1.807, 2.05) is 0 Å². The molecule has 0 unspecified atom stereocenters. The van der Waals surface area contributed by atoms with E-state index in [-0.39, 0.29) is 16.3 Å². The third kappa shape index (κ3) is 4.75. The summed E-state index contributed by atoms with van der Waals surface area (Å²) in [6, 6.07) is 10.4. The lowest BCUT2D eigenvalue weighted by atomic mass is 10.3. The van der Waals surface area contributed by atoms with Gasteiger partial charge in [-0.2, -0.15) is 0 Å². The summed E-state index contributed by atoms with van der Waals surface area (Å²) in [7, 11) is 0.606. The summed E-state index contributed by atoms with van der Waals surface area (Å²) in [5.41, 5.74) is 0.231. The molecule has 2 aromatic carbocycles. The van der Waals surface area contributed by atoms with Crippen molar-refractivity contribution in [3.8, 4) is 5.75 Å². The van der Waals surface area contributed by atoms with Crippen molar-refractivity contribution in [2.45, 2.75) is 9.79 Å². The van der Waals surface area contributed by atoms with Crippen molar-refractivity contribution < 1.29 is 22.3 Å². The standard InChI is InChI=1S/C17H19FN2O4S2/c1-20(2)26(22,23)12-8-9-15(24-3)14(10-12)19-17(21)11-25-16-7-5-4-6-13(16)18/h4-10H,11H2,1-3H3,(H,19,21). The fourth-order valence-corrected chi connectivity index (χ4v) is 3.72. The molecule has 0 fully saturated rings. The van der Waals surface area contributed by atoms with Crippen LogP contribution >= 0.6 is 11.8 Å². The molecule has 0 saturated heterocycles. The number of anilines is 1. The number of benzene rings is 2. The van der Waals surface area contributed by atoms with Crippen molar-refractivity contribution in [1.29, 1.82) is 0 Å². The van der Waals surface area contributed by atoms with Crippen LogP contribution in [0.15, 0.2) is 52.3 Å². The van der Waals surface area contributed by atoms with Crippen LogP contribution in [-0.2, 0) is 14.8 Å². The Morgan fingerprint density at radius 2 is 1.92 bits per heavy atom. The van der Waals surface area contributed by atoms with Gasteiger partial charge in [0, 0.05) is 19.0 Å². The van der Waals surface area contributed by atoms with Crippen LogP contribution in [0.25, 0.3) is 0 Å². The predicted octanol–water partition coefficient (Wildman–Crippen LogP) is 2.82. The van der Waals surface area contributed by atoms with Crippen LogP contribution in [0.1, 0.15) is 0 Å². The van der Waals surface area contributed by atoms with Crippen molar-refractivity contribution >= 4 is 33.4 Å².